The number of allylic oxidation sites excluding steroid dienone is 24. The van der Waals surface area contributed by atoms with E-state index in [9.17, 15) is 19.0 Å². The number of carbonyl (C=O) groups is 2. The Labute approximate surface area is 471 Å². The molecule has 10 heteroatoms. The van der Waals surface area contributed by atoms with Crippen LogP contribution in [0.2, 0.25) is 0 Å². The van der Waals surface area contributed by atoms with Crippen LogP contribution in [0.3, 0.4) is 0 Å². The van der Waals surface area contributed by atoms with Gasteiger partial charge in [0.1, 0.15) is 6.61 Å². The van der Waals surface area contributed by atoms with Gasteiger partial charge in [-0.05, 0) is 116 Å². The third-order valence-electron chi connectivity index (χ3n) is 12.2. The van der Waals surface area contributed by atoms with Gasteiger partial charge < -0.3 is 20.1 Å². The van der Waals surface area contributed by atoms with Crippen LogP contribution in [0.5, 0.6) is 0 Å². The highest BCUT2D eigenvalue weighted by Crippen LogP contribution is 2.43. The molecule has 0 aromatic heterocycles. The number of phosphoric acid groups is 1. The van der Waals surface area contributed by atoms with Crippen molar-refractivity contribution in [3.63, 3.8) is 0 Å². The Morgan fingerprint density at radius 3 is 1.00 bits per heavy atom. The summed E-state index contributed by atoms with van der Waals surface area (Å²) in [6, 6.07) is 0. The zero-order valence-electron chi connectivity index (χ0n) is 48.6. The van der Waals surface area contributed by atoms with Crippen LogP contribution in [0, 0.1) is 0 Å². The number of phosphoric ester groups is 1. The molecule has 2 atom stereocenters. The molecule has 0 radical (unpaired) electrons. The SMILES string of the molecule is CC/C=C\C/C=C\C/C=C\C/C=C\C/C=C\C/C=C\C/C=C\C/C=C\CCCCCCCCCCC(=O)OC(COC(=O)CCCCCCCCCCCC/C=C\C/C=C\C/C=C\C/C=C\CC)COP(=O)(O)OCCN. The summed E-state index contributed by atoms with van der Waals surface area (Å²) in [5, 5.41) is 0. The second kappa shape index (κ2) is 61.1. The first-order valence-electron chi connectivity index (χ1n) is 30.3. The minimum absolute atomic E-state index is 0.0437. The predicted octanol–water partition coefficient (Wildman–Crippen LogP) is 19.5. The molecule has 0 bridgehead atoms. The molecule has 0 aromatic rings. The Kier molecular flexibility index (Phi) is 57.8. The largest absolute Gasteiger partial charge is 0.472 e. The maximum Gasteiger partial charge on any atom is 0.472 e. The van der Waals surface area contributed by atoms with Crippen molar-refractivity contribution < 1.29 is 37.6 Å². The second-order valence-corrected chi connectivity index (χ2v) is 20.9. The van der Waals surface area contributed by atoms with Crippen LogP contribution in [0.4, 0.5) is 0 Å². The lowest BCUT2D eigenvalue weighted by molar-refractivity contribution is -0.161. The Hall–Kier alpha value is -4.11. The van der Waals surface area contributed by atoms with Crippen LogP contribution in [-0.2, 0) is 32.7 Å². The Morgan fingerprint density at radius 1 is 0.390 bits per heavy atom. The molecule has 0 aromatic carbocycles. The molecule has 0 spiro atoms. The van der Waals surface area contributed by atoms with Crippen LogP contribution < -0.4 is 5.73 Å². The summed E-state index contributed by atoms with van der Waals surface area (Å²) in [7, 11) is -4.40. The van der Waals surface area contributed by atoms with E-state index in [1.54, 1.807) is 0 Å². The summed E-state index contributed by atoms with van der Waals surface area (Å²) in [5.41, 5.74) is 5.39. The normalized spacial score (nSPS) is 14.1. The molecule has 0 fully saturated rings. The summed E-state index contributed by atoms with van der Waals surface area (Å²) >= 11 is 0. The molecule has 0 rings (SSSR count). The molecule has 0 heterocycles. The number of hydrogen-bond acceptors (Lipinski definition) is 8. The van der Waals surface area contributed by atoms with Gasteiger partial charge in [0, 0.05) is 19.4 Å². The number of ether oxygens (including phenoxy) is 2. The van der Waals surface area contributed by atoms with Gasteiger partial charge in [-0.1, -0.05) is 250 Å². The van der Waals surface area contributed by atoms with Gasteiger partial charge in [-0.15, -0.1) is 0 Å². The first kappa shape index (κ1) is 72.9. The average molecular weight is 1090 g/mol. The van der Waals surface area contributed by atoms with Crippen LogP contribution in [-0.4, -0.2) is 49.3 Å². The third kappa shape index (κ3) is 61.0. The van der Waals surface area contributed by atoms with Crippen LogP contribution in [0.15, 0.2) is 146 Å². The van der Waals surface area contributed by atoms with Crippen molar-refractivity contribution in [3.8, 4) is 0 Å². The number of esters is 2. The number of unbranched alkanes of at least 4 members (excludes halogenated alkanes) is 18. The van der Waals surface area contributed by atoms with Crippen molar-refractivity contribution >= 4 is 19.8 Å². The van der Waals surface area contributed by atoms with Gasteiger partial charge in [-0.25, -0.2) is 4.57 Å². The minimum atomic E-state index is -4.40. The van der Waals surface area contributed by atoms with Gasteiger partial charge in [0.15, 0.2) is 6.10 Å². The van der Waals surface area contributed by atoms with E-state index >= 15 is 0 Å². The summed E-state index contributed by atoms with van der Waals surface area (Å²) in [4.78, 5) is 35.2. The lowest BCUT2D eigenvalue weighted by Crippen LogP contribution is -2.29. The smallest absolute Gasteiger partial charge is 0.462 e. The minimum Gasteiger partial charge on any atom is -0.462 e. The Balaban J connectivity index is 4.04. The fourth-order valence-corrected chi connectivity index (χ4v) is 8.58. The molecular weight excluding hydrogens is 978 g/mol. The lowest BCUT2D eigenvalue weighted by Gasteiger charge is -2.19. The topological polar surface area (TPSA) is 134 Å². The number of hydrogen-bond donors (Lipinski definition) is 2. The maximum atomic E-state index is 12.7. The van der Waals surface area contributed by atoms with E-state index in [-0.39, 0.29) is 32.6 Å². The van der Waals surface area contributed by atoms with Crippen LogP contribution >= 0.6 is 7.82 Å². The van der Waals surface area contributed by atoms with Gasteiger partial charge in [-0.2, -0.15) is 0 Å². The standard InChI is InChI=1S/C67H110NO8P/c1-3-5-7-9-11-13-15-17-19-21-23-25-27-28-29-30-31-32-33-34-35-36-38-40-42-44-46-48-50-52-54-56-58-60-67(70)76-65(64-75-77(71,72)74-62-61-68)63-73-66(69)59-57-55-53-51-49-47-45-43-41-39-37-26-24-22-20-18-16-14-12-10-8-6-4-2/h5-8,11-14,17-20,23-26,28-29,31-32,34-35,38,40,65H,3-4,9-10,15-16,21-22,27,30,33,36-37,39,41-64,68H2,1-2H3,(H,71,72)/b7-5-,8-6-,13-11-,14-12-,19-17-,20-18-,25-23-,26-24-,29-28-,32-31-,35-34-,40-38-. The van der Waals surface area contributed by atoms with E-state index in [0.717, 1.165) is 135 Å². The zero-order chi connectivity index (χ0) is 55.9. The highest BCUT2D eigenvalue weighted by atomic mass is 31.2. The fraction of sp³-hybridized carbons (Fsp3) is 0.612. The number of carbonyl (C=O) groups excluding carboxylic acids is 2. The molecule has 0 saturated carbocycles. The Morgan fingerprint density at radius 2 is 0.675 bits per heavy atom. The van der Waals surface area contributed by atoms with Crippen molar-refractivity contribution in [2.24, 2.45) is 5.73 Å². The van der Waals surface area contributed by atoms with Gasteiger partial charge in [0.05, 0.1) is 13.2 Å². The van der Waals surface area contributed by atoms with E-state index in [4.69, 9.17) is 24.3 Å². The van der Waals surface area contributed by atoms with Crippen molar-refractivity contribution in [1.29, 1.82) is 0 Å². The maximum absolute atomic E-state index is 12.7. The van der Waals surface area contributed by atoms with Gasteiger partial charge >= 0.3 is 19.8 Å². The summed E-state index contributed by atoms with van der Waals surface area (Å²) in [6.45, 7) is 3.49. The van der Waals surface area contributed by atoms with E-state index < -0.39 is 32.5 Å². The highest BCUT2D eigenvalue weighted by Gasteiger charge is 2.26. The molecule has 3 N–H and O–H groups in total. The monoisotopic (exact) mass is 1090 g/mol. The summed E-state index contributed by atoms with van der Waals surface area (Å²) in [5.74, 6) is -0.851. The molecular formula is C67H110NO8P. The number of rotatable bonds is 55. The summed E-state index contributed by atoms with van der Waals surface area (Å²) in [6.07, 6.45) is 87.5. The predicted molar refractivity (Wildman–Crippen MR) is 330 cm³/mol. The third-order valence-corrected chi connectivity index (χ3v) is 13.2. The Bertz CT molecular complexity index is 1770. The van der Waals surface area contributed by atoms with Crippen molar-refractivity contribution in [2.45, 2.75) is 238 Å². The molecule has 0 aliphatic rings. The second-order valence-electron chi connectivity index (χ2n) is 19.5. The molecule has 2 unspecified atom stereocenters. The molecule has 0 saturated heterocycles. The molecule has 0 aliphatic carbocycles. The van der Waals surface area contributed by atoms with Gasteiger partial charge in [-0.3, -0.25) is 18.6 Å². The van der Waals surface area contributed by atoms with E-state index in [1.165, 1.54) is 64.2 Å². The van der Waals surface area contributed by atoms with Crippen LogP contribution in [0.1, 0.15) is 232 Å². The van der Waals surface area contributed by atoms with Crippen molar-refractivity contribution in [2.75, 3.05) is 26.4 Å². The number of nitrogens with two attached hydrogens (primary N) is 1. The first-order chi connectivity index (χ1) is 37.8. The van der Waals surface area contributed by atoms with Crippen molar-refractivity contribution in [1.82, 2.24) is 0 Å². The average Bonchev–Trinajstić information content (AvgIpc) is 3.42. The zero-order valence-corrected chi connectivity index (χ0v) is 49.5. The molecule has 436 valence electrons. The van der Waals surface area contributed by atoms with Gasteiger partial charge in [0.2, 0.25) is 0 Å². The molecule has 0 aliphatic heterocycles. The van der Waals surface area contributed by atoms with Crippen molar-refractivity contribution in [3.05, 3.63) is 146 Å². The van der Waals surface area contributed by atoms with E-state index in [0.29, 0.717) is 6.42 Å². The summed E-state index contributed by atoms with van der Waals surface area (Å²) < 4.78 is 33.1. The molecule has 0 amide bonds. The highest BCUT2D eigenvalue weighted by molar-refractivity contribution is 7.47. The molecule has 9 nitrogen and oxygen atoms in total. The van der Waals surface area contributed by atoms with E-state index in [2.05, 4.69) is 160 Å². The van der Waals surface area contributed by atoms with Crippen LogP contribution in [0.25, 0.3) is 0 Å². The van der Waals surface area contributed by atoms with E-state index in [1.807, 2.05) is 0 Å². The quantitative estimate of drug-likeness (QED) is 0.0264. The van der Waals surface area contributed by atoms with Gasteiger partial charge in [0.25, 0.3) is 0 Å². The fourth-order valence-electron chi connectivity index (χ4n) is 7.82. The first-order valence-corrected chi connectivity index (χ1v) is 31.8. The molecule has 77 heavy (non-hydrogen) atoms. The lowest BCUT2D eigenvalue weighted by atomic mass is 10.1.